The number of rotatable bonds is 9. The summed E-state index contributed by atoms with van der Waals surface area (Å²) in [4.78, 5) is 65.0. The van der Waals surface area contributed by atoms with Crippen molar-refractivity contribution in [3.8, 4) is 0 Å². The normalized spacial score (nSPS) is 18.8. The molecule has 0 spiro atoms. The molecular weight excluding hydrogens is 598 g/mol. The molecule has 2 aliphatic heterocycles. The standard InChI is InChI=1S/C23H20ClN9O6S2/c1-32-23(29-30-31-32)41-9-11-8-40-21-15(20(37)33(21)16(11)22(38)39)26-19(36)14(10-5-3-2-4-6-10)25-17(34)12-7-13(24)27-28-18(12)35/h2-7,14-15,21H,8-9H2,1H3,(H,25,34)(H,26,36)(H,28,35)(H,38,39)/t14?,15?,21-/m1/s1. The number of amides is 3. The average molecular weight is 618 g/mol. The van der Waals surface area contributed by atoms with Crippen molar-refractivity contribution in [3.05, 3.63) is 74.3 Å². The molecular formula is C23H20ClN9O6S2. The van der Waals surface area contributed by atoms with Crippen molar-refractivity contribution < 1.29 is 24.3 Å². The van der Waals surface area contributed by atoms with E-state index in [-0.39, 0.29) is 22.2 Å². The summed E-state index contributed by atoms with van der Waals surface area (Å²) in [5, 5.41) is 31.5. The number of thioether (sulfide) groups is 2. The number of nitrogens with one attached hydrogen (secondary N) is 3. The van der Waals surface area contributed by atoms with E-state index in [0.29, 0.717) is 22.0 Å². The molecule has 1 saturated heterocycles. The molecule has 2 aromatic heterocycles. The summed E-state index contributed by atoms with van der Waals surface area (Å²) in [6.45, 7) is 0. The molecule has 212 valence electrons. The summed E-state index contributed by atoms with van der Waals surface area (Å²) in [5.74, 6) is -2.94. The molecule has 0 aliphatic carbocycles. The van der Waals surface area contributed by atoms with Gasteiger partial charge in [0, 0.05) is 18.6 Å². The SMILES string of the molecule is Cn1nnnc1SCC1=C(C(=O)O)N2C(=O)C(NC(=O)C(NC(=O)c3cc(Cl)n[nH]c3=O)c3ccccc3)[C@H]2SC1. The number of aromatic nitrogens is 6. The summed E-state index contributed by atoms with van der Waals surface area (Å²) in [6, 6.07) is 6.97. The first-order valence-corrected chi connectivity index (χ1v) is 14.2. The molecule has 0 bridgehead atoms. The first kappa shape index (κ1) is 28.3. The predicted octanol–water partition coefficient (Wildman–Crippen LogP) is -0.0512. The number of carboxylic acids is 1. The third-order valence-corrected chi connectivity index (χ3v) is 8.82. The maximum absolute atomic E-state index is 13.4. The molecule has 3 aromatic rings. The van der Waals surface area contributed by atoms with Crippen molar-refractivity contribution in [1.29, 1.82) is 0 Å². The molecule has 15 nitrogen and oxygen atoms in total. The Morgan fingerprint density at radius 3 is 2.71 bits per heavy atom. The second-order valence-electron chi connectivity index (χ2n) is 8.78. The Hall–Kier alpha value is -4.22. The molecule has 2 unspecified atom stereocenters. The van der Waals surface area contributed by atoms with Crippen LogP contribution in [0.15, 0.2) is 57.6 Å². The molecule has 4 heterocycles. The smallest absolute Gasteiger partial charge is 0.352 e. The van der Waals surface area contributed by atoms with Gasteiger partial charge in [-0.15, -0.1) is 16.9 Å². The molecule has 1 aromatic carbocycles. The van der Waals surface area contributed by atoms with E-state index in [0.717, 1.165) is 11.0 Å². The van der Waals surface area contributed by atoms with Gasteiger partial charge in [-0.1, -0.05) is 53.7 Å². The second-order valence-corrected chi connectivity index (χ2v) is 11.2. The maximum atomic E-state index is 13.4. The number of β-lactam (4-membered cyclic amide) rings is 1. The number of nitrogens with zero attached hydrogens (tertiary/aromatic N) is 6. The third-order valence-electron chi connectivity index (χ3n) is 6.19. The van der Waals surface area contributed by atoms with Gasteiger partial charge < -0.3 is 15.7 Å². The van der Waals surface area contributed by atoms with Crippen LogP contribution in [0.1, 0.15) is 22.0 Å². The van der Waals surface area contributed by atoms with Crippen LogP contribution in [0.5, 0.6) is 0 Å². The van der Waals surface area contributed by atoms with Gasteiger partial charge in [0.15, 0.2) is 0 Å². The Balaban J connectivity index is 1.33. The lowest BCUT2D eigenvalue weighted by Crippen LogP contribution is -2.71. The first-order chi connectivity index (χ1) is 19.7. The highest BCUT2D eigenvalue weighted by Gasteiger charge is 2.54. The minimum atomic E-state index is -1.29. The molecule has 5 rings (SSSR count). The van der Waals surface area contributed by atoms with E-state index in [1.807, 2.05) is 0 Å². The minimum absolute atomic E-state index is 0.127. The molecule has 3 amide bonds. The summed E-state index contributed by atoms with van der Waals surface area (Å²) < 4.78 is 1.45. The van der Waals surface area contributed by atoms with Gasteiger partial charge in [-0.05, 0) is 27.6 Å². The zero-order valence-corrected chi connectivity index (χ0v) is 23.4. The van der Waals surface area contributed by atoms with Crippen LogP contribution in [-0.2, 0) is 21.4 Å². The van der Waals surface area contributed by atoms with Gasteiger partial charge in [0.2, 0.25) is 11.1 Å². The number of aliphatic carboxylic acids is 1. The fraction of sp³-hybridized carbons (Fsp3) is 0.261. The van der Waals surface area contributed by atoms with Crippen LogP contribution in [0.3, 0.4) is 0 Å². The van der Waals surface area contributed by atoms with Gasteiger partial charge in [0.1, 0.15) is 33.9 Å². The van der Waals surface area contributed by atoms with E-state index in [9.17, 15) is 29.1 Å². The van der Waals surface area contributed by atoms with E-state index in [4.69, 9.17) is 11.6 Å². The summed E-state index contributed by atoms with van der Waals surface area (Å²) in [6.07, 6.45) is 0. The highest BCUT2D eigenvalue weighted by atomic mass is 35.5. The Labute approximate surface area is 244 Å². The summed E-state index contributed by atoms with van der Waals surface area (Å²) >= 11 is 8.35. The van der Waals surface area contributed by atoms with Crippen LogP contribution in [-0.4, -0.2) is 87.0 Å². The Kier molecular flexibility index (Phi) is 8.09. The number of carbonyl (C=O) groups excluding carboxylic acids is 3. The lowest BCUT2D eigenvalue weighted by Gasteiger charge is -2.49. The number of hydrogen-bond acceptors (Lipinski definition) is 11. The van der Waals surface area contributed by atoms with Gasteiger partial charge in [0.25, 0.3) is 17.4 Å². The fourth-order valence-corrected chi connectivity index (χ4v) is 6.72. The van der Waals surface area contributed by atoms with Gasteiger partial charge in [-0.2, -0.15) is 5.10 Å². The molecule has 2 aliphatic rings. The van der Waals surface area contributed by atoms with Crippen LogP contribution in [0.2, 0.25) is 5.15 Å². The Bertz CT molecular complexity index is 1630. The molecule has 0 radical (unpaired) electrons. The van der Waals surface area contributed by atoms with Crippen molar-refractivity contribution in [2.75, 3.05) is 11.5 Å². The number of carboxylic acid groups (broad SMARTS) is 1. The summed E-state index contributed by atoms with van der Waals surface area (Å²) in [5.41, 5.74) is -0.404. The van der Waals surface area contributed by atoms with E-state index in [2.05, 4.69) is 36.4 Å². The molecule has 0 saturated carbocycles. The van der Waals surface area contributed by atoms with Crippen LogP contribution >= 0.6 is 35.1 Å². The fourth-order valence-electron chi connectivity index (χ4n) is 4.23. The second kappa shape index (κ2) is 11.7. The van der Waals surface area contributed by atoms with Crippen molar-refractivity contribution >= 4 is 58.8 Å². The van der Waals surface area contributed by atoms with Crippen molar-refractivity contribution in [2.24, 2.45) is 7.05 Å². The Morgan fingerprint density at radius 1 is 1.27 bits per heavy atom. The van der Waals surface area contributed by atoms with E-state index < -0.39 is 46.7 Å². The number of H-pyrrole nitrogens is 1. The summed E-state index contributed by atoms with van der Waals surface area (Å²) in [7, 11) is 1.65. The van der Waals surface area contributed by atoms with Crippen LogP contribution < -0.4 is 16.2 Å². The first-order valence-electron chi connectivity index (χ1n) is 11.8. The van der Waals surface area contributed by atoms with E-state index >= 15 is 0 Å². The molecule has 41 heavy (non-hydrogen) atoms. The minimum Gasteiger partial charge on any atom is -0.477 e. The molecule has 4 N–H and O–H groups in total. The topological polar surface area (TPSA) is 205 Å². The highest BCUT2D eigenvalue weighted by Crippen LogP contribution is 2.41. The predicted molar refractivity (Wildman–Crippen MR) is 146 cm³/mol. The van der Waals surface area contributed by atoms with Gasteiger partial charge in [0.05, 0.1) is 0 Å². The monoisotopic (exact) mass is 617 g/mol. The number of halogens is 1. The quantitative estimate of drug-likeness (QED) is 0.184. The zero-order chi connectivity index (χ0) is 29.3. The van der Waals surface area contributed by atoms with Crippen LogP contribution in [0, 0.1) is 0 Å². The van der Waals surface area contributed by atoms with Gasteiger partial charge in [-0.25, -0.2) is 14.6 Å². The van der Waals surface area contributed by atoms with Gasteiger partial charge >= 0.3 is 5.97 Å². The average Bonchev–Trinajstić information content (AvgIpc) is 3.38. The molecule has 1 fully saturated rings. The number of fused-ring (bicyclic) bond motifs is 1. The maximum Gasteiger partial charge on any atom is 0.352 e. The van der Waals surface area contributed by atoms with E-state index in [1.54, 1.807) is 37.4 Å². The lowest BCUT2D eigenvalue weighted by molar-refractivity contribution is -0.151. The molecule has 3 atom stereocenters. The number of benzene rings is 1. The molecule has 18 heteroatoms. The van der Waals surface area contributed by atoms with E-state index in [1.165, 1.54) is 28.2 Å². The van der Waals surface area contributed by atoms with Crippen molar-refractivity contribution in [3.63, 3.8) is 0 Å². The number of carbonyl (C=O) groups is 4. The van der Waals surface area contributed by atoms with Crippen molar-refractivity contribution in [2.45, 2.75) is 22.6 Å². The third kappa shape index (κ3) is 5.68. The van der Waals surface area contributed by atoms with Crippen molar-refractivity contribution in [1.82, 2.24) is 45.9 Å². The lowest BCUT2D eigenvalue weighted by atomic mass is 10.0. The number of hydrogen-bond donors (Lipinski definition) is 4. The van der Waals surface area contributed by atoms with Crippen LogP contribution in [0.25, 0.3) is 0 Å². The zero-order valence-electron chi connectivity index (χ0n) is 21.0. The van der Waals surface area contributed by atoms with Gasteiger partial charge in [-0.3, -0.25) is 24.1 Å². The largest absolute Gasteiger partial charge is 0.477 e. The van der Waals surface area contributed by atoms with Crippen LogP contribution in [0.4, 0.5) is 0 Å². The Morgan fingerprint density at radius 2 is 2.02 bits per heavy atom. The highest BCUT2D eigenvalue weighted by molar-refractivity contribution is 8.01. The number of tetrazole rings is 1. The number of aromatic amines is 1. The number of aryl methyl sites for hydroxylation is 1.